The Balaban J connectivity index is 1.65. The number of hydrogen-bond acceptors (Lipinski definition) is 8. The van der Waals surface area contributed by atoms with Crippen molar-refractivity contribution in [2.75, 3.05) is 10.6 Å². The van der Waals surface area contributed by atoms with Crippen molar-refractivity contribution in [1.29, 1.82) is 0 Å². The molecule has 2 amide bonds. The minimum atomic E-state index is -1.22. The second kappa shape index (κ2) is 11.9. The number of aromatic nitrogens is 1. The van der Waals surface area contributed by atoms with Crippen LogP contribution in [-0.2, 0) is 14.4 Å². The van der Waals surface area contributed by atoms with Gasteiger partial charge in [0.05, 0.1) is 15.9 Å². The number of aliphatic carboxylic acids is 1. The first-order chi connectivity index (χ1) is 16.7. The number of hydrogen-bond donors (Lipinski definition) is 3. The molecule has 0 bridgehead atoms. The molecule has 3 rings (SSSR count). The zero-order valence-electron chi connectivity index (χ0n) is 18.3. The Morgan fingerprint density at radius 3 is 2.66 bits per heavy atom. The van der Waals surface area contributed by atoms with Gasteiger partial charge < -0.3 is 15.7 Å². The number of anilines is 2. The summed E-state index contributed by atoms with van der Waals surface area (Å²) in [6.45, 7) is 1.87. The van der Waals surface area contributed by atoms with Gasteiger partial charge in [-0.05, 0) is 24.6 Å². The van der Waals surface area contributed by atoms with E-state index >= 15 is 0 Å². The van der Waals surface area contributed by atoms with Crippen LogP contribution in [0.2, 0.25) is 0 Å². The van der Waals surface area contributed by atoms with Gasteiger partial charge in [0.1, 0.15) is 0 Å². The summed E-state index contributed by atoms with van der Waals surface area (Å²) in [7, 11) is 0. The summed E-state index contributed by atoms with van der Waals surface area (Å²) in [5.41, 5.74) is 1.52. The van der Waals surface area contributed by atoms with Gasteiger partial charge in [-0.3, -0.25) is 19.7 Å². The van der Waals surface area contributed by atoms with Crippen molar-refractivity contribution in [3.05, 3.63) is 76.2 Å². The Kier molecular flexibility index (Phi) is 8.70. The normalized spacial score (nSPS) is 11.7. The molecule has 1 heterocycles. The highest BCUT2D eigenvalue weighted by Gasteiger charge is 2.20. The van der Waals surface area contributed by atoms with Crippen LogP contribution >= 0.6 is 23.1 Å². The van der Waals surface area contributed by atoms with E-state index in [1.165, 1.54) is 35.2 Å². The van der Waals surface area contributed by atoms with Crippen LogP contribution in [-0.4, -0.2) is 38.0 Å². The monoisotopic (exact) mass is 512 g/mol. The molecular formula is C23H20N4O6S2. The Morgan fingerprint density at radius 1 is 1.17 bits per heavy atom. The number of nitro benzene ring substituents is 1. The first kappa shape index (κ1) is 25.6. The molecule has 35 heavy (non-hydrogen) atoms. The van der Waals surface area contributed by atoms with Crippen LogP contribution in [0.3, 0.4) is 0 Å². The molecule has 3 aromatic rings. The molecule has 180 valence electrons. The van der Waals surface area contributed by atoms with Gasteiger partial charge in [-0.1, -0.05) is 25.1 Å². The second-order valence-corrected chi connectivity index (χ2v) is 9.17. The molecule has 0 spiro atoms. The van der Waals surface area contributed by atoms with Crippen molar-refractivity contribution in [2.45, 2.75) is 23.5 Å². The van der Waals surface area contributed by atoms with Gasteiger partial charge >= 0.3 is 5.97 Å². The molecule has 12 heteroatoms. The van der Waals surface area contributed by atoms with Gasteiger partial charge in [0, 0.05) is 45.8 Å². The largest absolute Gasteiger partial charge is 0.478 e. The standard InChI is InChI=1S/C23H20N4O6S2/c1-2-19(35-17-8-4-6-15(12-17)24-20(28)9-10-21(29)30)22(31)26-23-25-18(13-34-23)14-5-3-7-16(11-14)27(32)33/h3-13,19H,2H2,1H3,(H,24,28)(H,29,30)(H,25,26,31)/b10-9+. The lowest BCUT2D eigenvalue weighted by atomic mass is 10.1. The maximum absolute atomic E-state index is 12.9. The van der Waals surface area contributed by atoms with Gasteiger partial charge in [-0.25, -0.2) is 9.78 Å². The van der Waals surface area contributed by atoms with Crippen molar-refractivity contribution >= 4 is 57.4 Å². The van der Waals surface area contributed by atoms with Crippen LogP contribution in [0.25, 0.3) is 11.3 Å². The number of carbonyl (C=O) groups excluding carboxylic acids is 2. The molecule has 3 N–H and O–H groups in total. The Labute approximate surface area is 208 Å². The third-order valence-electron chi connectivity index (χ3n) is 4.51. The molecule has 0 aliphatic carbocycles. The van der Waals surface area contributed by atoms with E-state index in [2.05, 4.69) is 15.6 Å². The summed E-state index contributed by atoms with van der Waals surface area (Å²) in [5, 5.41) is 26.6. The zero-order chi connectivity index (χ0) is 25.4. The number of benzene rings is 2. The van der Waals surface area contributed by atoms with E-state index in [1.54, 1.807) is 41.8 Å². The summed E-state index contributed by atoms with van der Waals surface area (Å²) in [6, 6.07) is 13.0. The fraction of sp³-hybridized carbons (Fsp3) is 0.130. The second-order valence-electron chi connectivity index (χ2n) is 7.04. The van der Waals surface area contributed by atoms with E-state index in [1.807, 2.05) is 6.92 Å². The van der Waals surface area contributed by atoms with E-state index < -0.39 is 22.0 Å². The first-order valence-corrected chi connectivity index (χ1v) is 12.0. The van der Waals surface area contributed by atoms with Crippen LogP contribution in [0.1, 0.15) is 13.3 Å². The number of rotatable bonds is 10. The number of thiazole rings is 1. The molecule has 0 saturated heterocycles. The van der Waals surface area contributed by atoms with E-state index in [9.17, 15) is 24.5 Å². The van der Waals surface area contributed by atoms with E-state index in [0.29, 0.717) is 28.5 Å². The topological polar surface area (TPSA) is 152 Å². The lowest BCUT2D eigenvalue weighted by molar-refractivity contribution is -0.384. The van der Waals surface area contributed by atoms with Crippen LogP contribution in [0.5, 0.6) is 0 Å². The number of amides is 2. The lowest BCUT2D eigenvalue weighted by Crippen LogP contribution is -2.24. The summed E-state index contributed by atoms with van der Waals surface area (Å²) in [4.78, 5) is 50.8. The minimum absolute atomic E-state index is 0.0418. The number of carboxylic acid groups (broad SMARTS) is 1. The molecule has 10 nitrogen and oxygen atoms in total. The van der Waals surface area contributed by atoms with Gasteiger partial charge in [0.2, 0.25) is 11.8 Å². The summed E-state index contributed by atoms with van der Waals surface area (Å²) in [6.07, 6.45) is 2.19. The minimum Gasteiger partial charge on any atom is -0.478 e. The predicted octanol–water partition coefficient (Wildman–Crippen LogP) is 4.81. The molecule has 1 atom stereocenters. The van der Waals surface area contributed by atoms with Crippen LogP contribution in [0.4, 0.5) is 16.5 Å². The van der Waals surface area contributed by atoms with Crippen molar-refractivity contribution in [3.63, 3.8) is 0 Å². The SMILES string of the molecule is CCC(Sc1cccc(NC(=O)/C=C/C(=O)O)c1)C(=O)Nc1nc(-c2cccc([N+](=O)[O-])c2)cs1. The summed E-state index contributed by atoms with van der Waals surface area (Å²) in [5.74, 6) is -2.06. The average Bonchev–Trinajstić information content (AvgIpc) is 3.30. The third-order valence-corrected chi connectivity index (χ3v) is 6.62. The average molecular weight is 513 g/mol. The fourth-order valence-corrected chi connectivity index (χ4v) is 4.63. The molecular weight excluding hydrogens is 492 g/mol. The van der Waals surface area contributed by atoms with Crippen LogP contribution < -0.4 is 10.6 Å². The number of nitro groups is 1. The highest BCUT2D eigenvalue weighted by Crippen LogP contribution is 2.31. The van der Waals surface area contributed by atoms with Crippen molar-refractivity contribution < 1.29 is 24.4 Å². The highest BCUT2D eigenvalue weighted by atomic mass is 32.2. The van der Waals surface area contributed by atoms with Crippen LogP contribution in [0.15, 0.2) is 71.0 Å². The molecule has 0 fully saturated rings. The molecule has 0 aliphatic heterocycles. The number of non-ortho nitro benzene ring substituents is 1. The number of carbonyl (C=O) groups is 3. The molecule has 1 unspecified atom stereocenters. The molecule has 1 aromatic heterocycles. The smallest absolute Gasteiger partial charge is 0.328 e. The first-order valence-electron chi connectivity index (χ1n) is 10.2. The van der Waals surface area contributed by atoms with E-state index in [4.69, 9.17) is 5.11 Å². The van der Waals surface area contributed by atoms with Crippen molar-refractivity contribution in [2.24, 2.45) is 0 Å². The van der Waals surface area contributed by atoms with Gasteiger partial charge in [-0.2, -0.15) is 0 Å². The zero-order valence-corrected chi connectivity index (χ0v) is 20.0. The molecule has 0 saturated carbocycles. The Bertz CT molecular complexity index is 1290. The number of thioether (sulfide) groups is 1. The van der Waals surface area contributed by atoms with Gasteiger partial charge in [-0.15, -0.1) is 23.1 Å². The maximum atomic E-state index is 12.9. The summed E-state index contributed by atoms with van der Waals surface area (Å²) < 4.78 is 0. The Hall–Kier alpha value is -4.03. The summed E-state index contributed by atoms with van der Waals surface area (Å²) >= 11 is 2.53. The number of nitrogens with one attached hydrogen (secondary N) is 2. The highest BCUT2D eigenvalue weighted by molar-refractivity contribution is 8.00. The number of carboxylic acids is 1. The van der Waals surface area contributed by atoms with E-state index in [-0.39, 0.29) is 11.6 Å². The van der Waals surface area contributed by atoms with Gasteiger partial charge in [0.15, 0.2) is 5.13 Å². The van der Waals surface area contributed by atoms with Crippen molar-refractivity contribution in [1.82, 2.24) is 4.98 Å². The number of nitrogens with zero attached hydrogens (tertiary/aromatic N) is 2. The molecule has 0 radical (unpaired) electrons. The molecule has 2 aromatic carbocycles. The van der Waals surface area contributed by atoms with Crippen LogP contribution in [0, 0.1) is 10.1 Å². The van der Waals surface area contributed by atoms with E-state index in [0.717, 1.165) is 17.0 Å². The maximum Gasteiger partial charge on any atom is 0.328 e. The van der Waals surface area contributed by atoms with Gasteiger partial charge in [0.25, 0.3) is 5.69 Å². The third kappa shape index (κ3) is 7.48. The lowest BCUT2D eigenvalue weighted by Gasteiger charge is -2.14. The predicted molar refractivity (Wildman–Crippen MR) is 135 cm³/mol. The Morgan fingerprint density at radius 2 is 1.94 bits per heavy atom. The molecule has 0 aliphatic rings. The van der Waals surface area contributed by atoms with Crippen molar-refractivity contribution in [3.8, 4) is 11.3 Å². The fourth-order valence-electron chi connectivity index (χ4n) is 2.89. The quantitative estimate of drug-likeness (QED) is 0.152.